The molecule has 46 heavy (non-hydrogen) atoms. The summed E-state index contributed by atoms with van der Waals surface area (Å²) in [5.41, 5.74) is 11.1. The number of hydrogen-bond donors (Lipinski definition) is 0. The Morgan fingerprint density at radius 2 is 0.804 bits per heavy atom. The van der Waals surface area contributed by atoms with Crippen LogP contribution in [-0.2, 0) is 0 Å². The summed E-state index contributed by atoms with van der Waals surface area (Å²) in [5.74, 6) is 0. The van der Waals surface area contributed by atoms with Crippen molar-refractivity contribution in [2.24, 2.45) is 0 Å². The van der Waals surface area contributed by atoms with Gasteiger partial charge in [-0.1, -0.05) is 127 Å². The van der Waals surface area contributed by atoms with Gasteiger partial charge in [0.1, 0.15) is 0 Å². The zero-order valence-electron chi connectivity index (χ0n) is 24.9. The number of nitrogens with zero attached hydrogens (tertiary/aromatic N) is 3. The van der Waals surface area contributed by atoms with Gasteiger partial charge < -0.3 is 9.13 Å². The van der Waals surface area contributed by atoms with E-state index in [9.17, 15) is 0 Å². The molecule has 9 aromatic rings. The molecule has 0 saturated carbocycles. The maximum absolute atomic E-state index is 8.67. The van der Waals surface area contributed by atoms with Gasteiger partial charge in [0, 0.05) is 27.1 Å². The number of fused-ring (bicyclic) bond motifs is 6. The normalized spacial score (nSPS) is 11.5. The first-order valence-corrected chi connectivity index (χ1v) is 15.5. The molecule has 9 rings (SSSR count). The third kappa shape index (κ3) is 3.78. The summed E-state index contributed by atoms with van der Waals surface area (Å²) >= 11 is 0. The van der Waals surface area contributed by atoms with Crippen LogP contribution < -0.4 is 0 Å². The minimum Gasteiger partial charge on any atom is -0.319 e. The van der Waals surface area contributed by atoms with Crippen molar-refractivity contribution < 1.29 is 0 Å². The molecule has 0 spiro atoms. The van der Waals surface area contributed by atoms with Crippen LogP contribution >= 0.6 is 0 Å². The molecule has 0 bridgehead atoms. The van der Waals surface area contributed by atoms with Crippen molar-refractivity contribution in [3.05, 3.63) is 175 Å². The second kappa shape index (κ2) is 10.4. The van der Waals surface area contributed by atoms with E-state index in [2.05, 4.69) is 172 Å². The summed E-state index contributed by atoms with van der Waals surface area (Å²) in [6.45, 7) is 8.67. The second-order valence-electron chi connectivity index (χ2n) is 11.6. The summed E-state index contributed by atoms with van der Waals surface area (Å²) in [6, 6.07) is 57.5. The van der Waals surface area contributed by atoms with Crippen LogP contribution in [0.25, 0.3) is 82.1 Å². The molecule has 2 heterocycles. The number of para-hydroxylation sites is 5. The molecule has 0 aliphatic carbocycles. The van der Waals surface area contributed by atoms with Gasteiger partial charge in [0.15, 0.2) is 0 Å². The molecule has 0 fully saturated rings. The minimum atomic E-state index is 0.632. The van der Waals surface area contributed by atoms with Crippen LogP contribution in [0.3, 0.4) is 0 Å². The Balaban J connectivity index is 1.39. The van der Waals surface area contributed by atoms with E-state index in [1.54, 1.807) is 0 Å². The summed E-state index contributed by atoms with van der Waals surface area (Å²) in [7, 11) is 0. The highest BCUT2D eigenvalue weighted by Crippen LogP contribution is 2.47. The molecule has 214 valence electrons. The van der Waals surface area contributed by atoms with Gasteiger partial charge >= 0.3 is 0 Å². The van der Waals surface area contributed by atoms with Gasteiger partial charge in [0.2, 0.25) is 5.69 Å². The number of rotatable bonds is 4. The van der Waals surface area contributed by atoms with Crippen molar-refractivity contribution in [2.45, 2.75) is 0 Å². The van der Waals surface area contributed by atoms with Crippen molar-refractivity contribution in [2.75, 3.05) is 0 Å². The molecule has 0 radical (unpaired) electrons. The standard InChI is InChI=1S/C43H27N3/c1-44-43-41(46-38-24-12-7-19-32(38)33-20-8-13-25-39(33)46)28-27-35(42(43)29-15-3-2-4-16-29)34-21-9-14-26-40(34)45-36-22-10-5-17-30(36)31-18-6-11-23-37(31)45/h2-28H. The Kier molecular flexibility index (Phi) is 5.88. The van der Waals surface area contributed by atoms with E-state index >= 15 is 0 Å². The van der Waals surface area contributed by atoms with Gasteiger partial charge in [0.05, 0.1) is 40.0 Å². The Morgan fingerprint density at radius 3 is 1.33 bits per heavy atom. The molecule has 0 saturated heterocycles. The highest BCUT2D eigenvalue weighted by atomic mass is 15.0. The number of aromatic nitrogens is 2. The van der Waals surface area contributed by atoms with Gasteiger partial charge in [-0.15, -0.1) is 0 Å². The first-order chi connectivity index (χ1) is 22.8. The monoisotopic (exact) mass is 585 g/mol. The van der Waals surface area contributed by atoms with E-state index in [4.69, 9.17) is 6.57 Å². The molecule has 0 aliphatic heterocycles. The first kappa shape index (κ1) is 26.1. The maximum atomic E-state index is 8.67. The quantitative estimate of drug-likeness (QED) is 0.182. The zero-order valence-corrected chi connectivity index (χ0v) is 24.9. The van der Waals surface area contributed by atoms with Crippen molar-refractivity contribution >= 4 is 49.3 Å². The average molecular weight is 586 g/mol. The number of benzene rings is 7. The predicted octanol–water partition coefficient (Wildman–Crippen LogP) is 11.8. The molecule has 0 amide bonds. The van der Waals surface area contributed by atoms with Crippen molar-refractivity contribution in [1.82, 2.24) is 9.13 Å². The fourth-order valence-corrected chi connectivity index (χ4v) is 7.26. The van der Waals surface area contributed by atoms with Crippen LogP contribution in [0.5, 0.6) is 0 Å². The Hall–Kier alpha value is -6.37. The van der Waals surface area contributed by atoms with E-state index in [0.29, 0.717) is 5.69 Å². The van der Waals surface area contributed by atoms with E-state index in [0.717, 1.165) is 55.7 Å². The highest BCUT2D eigenvalue weighted by Gasteiger charge is 2.23. The highest BCUT2D eigenvalue weighted by molar-refractivity contribution is 6.12. The fourth-order valence-electron chi connectivity index (χ4n) is 7.26. The van der Waals surface area contributed by atoms with E-state index in [1.165, 1.54) is 21.5 Å². The Morgan fingerprint density at radius 1 is 0.370 bits per heavy atom. The zero-order chi connectivity index (χ0) is 30.6. The average Bonchev–Trinajstić information content (AvgIpc) is 3.64. The van der Waals surface area contributed by atoms with Crippen LogP contribution in [0.2, 0.25) is 0 Å². The molecule has 0 atom stereocenters. The summed E-state index contributed by atoms with van der Waals surface area (Å²) in [4.78, 5) is 4.32. The van der Waals surface area contributed by atoms with Crippen LogP contribution in [0.1, 0.15) is 0 Å². The molecule has 3 nitrogen and oxygen atoms in total. The van der Waals surface area contributed by atoms with Gasteiger partial charge in [-0.25, -0.2) is 4.85 Å². The maximum Gasteiger partial charge on any atom is 0.218 e. The van der Waals surface area contributed by atoms with Gasteiger partial charge in [0.25, 0.3) is 0 Å². The van der Waals surface area contributed by atoms with E-state index in [1.807, 2.05) is 6.07 Å². The summed E-state index contributed by atoms with van der Waals surface area (Å²) < 4.78 is 4.63. The lowest BCUT2D eigenvalue weighted by molar-refractivity contribution is 1.18. The van der Waals surface area contributed by atoms with E-state index in [-0.39, 0.29) is 0 Å². The summed E-state index contributed by atoms with van der Waals surface area (Å²) in [5, 5.41) is 4.80. The smallest absolute Gasteiger partial charge is 0.218 e. The Labute approximate surface area is 266 Å². The molecule has 0 aliphatic rings. The third-order valence-corrected chi connectivity index (χ3v) is 9.17. The van der Waals surface area contributed by atoms with Crippen LogP contribution in [0.4, 0.5) is 5.69 Å². The molecular formula is C43H27N3. The number of hydrogen-bond acceptors (Lipinski definition) is 0. The molecule has 3 heteroatoms. The van der Waals surface area contributed by atoms with Crippen molar-refractivity contribution in [3.63, 3.8) is 0 Å². The molecule has 7 aromatic carbocycles. The van der Waals surface area contributed by atoms with Crippen LogP contribution in [0.15, 0.2) is 164 Å². The third-order valence-electron chi connectivity index (χ3n) is 9.17. The lowest BCUT2D eigenvalue weighted by Crippen LogP contribution is -2.00. The lowest BCUT2D eigenvalue weighted by Gasteiger charge is -2.20. The van der Waals surface area contributed by atoms with Crippen molar-refractivity contribution in [3.8, 4) is 33.6 Å². The van der Waals surface area contributed by atoms with Gasteiger partial charge in [-0.05, 0) is 53.1 Å². The van der Waals surface area contributed by atoms with Crippen molar-refractivity contribution in [1.29, 1.82) is 0 Å². The fraction of sp³-hybridized carbons (Fsp3) is 0. The van der Waals surface area contributed by atoms with Gasteiger partial charge in [-0.3, -0.25) is 0 Å². The van der Waals surface area contributed by atoms with Crippen LogP contribution in [-0.4, -0.2) is 9.13 Å². The lowest BCUT2D eigenvalue weighted by atomic mass is 9.91. The van der Waals surface area contributed by atoms with Gasteiger partial charge in [-0.2, -0.15) is 0 Å². The topological polar surface area (TPSA) is 14.2 Å². The molecule has 0 unspecified atom stereocenters. The SMILES string of the molecule is [C-]#[N+]c1c(-n2c3ccccc3c3ccccc32)ccc(-c2ccccc2-n2c3ccccc3c3ccccc32)c1-c1ccccc1. The largest absolute Gasteiger partial charge is 0.319 e. The first-order valence-electron chi connectivity index (χ1n) is 15.5. The second-order valence-corrected chi connectivity index (χ2v) is 11.6. The summed E-state index contributed by atoms with van der Waals surface area (Å²) in [6.07, 6.45) is 0. The minimum absolute atomic E-state index is 0.632. The Bertz CT molecular complexity index is 2540. The predicted molar refractivity (Wildman–Crippen MR) is 192 cm³/mol. The molecule has 0 N–H and O–H groups in total. The molecule has 2 aromatic heterocycles. The van der Waals surface area contributed by atoms with Crippen LogP contribution in [0, 0.1) is 6.57 Å². The molecular weight excluding hydrogens is 558 g/mol. The van der Waals surface area contributed by atoms with E-state index < -0.39 is 0 Å².